The molecular weight excluding hydrogens is 817 g/mol. The number of hydrogen-bond acceptors (Lipinski definition) is 11. The summed E-state index contributed by atoms with van der Waals surface area (Å²) in [6.07, 6.45) is 19.5. The Hall–Kier alpha value is -3.12. The first-order valence-electron chi connectivity index (χ1n) is 19.4. The van der Waals surface area contributed by atoms with Gasteiger partial charge in [-0.05, 0) is 105 Å². The molecule has 13 nitrogen and oxygen atoms in total. The highest BCUT2D eigenvalue weighted by atomic mass is 79.9. The maximum absolute atomic E-state index is 12.1. The Morgan fingerprint density at radius 2 is 1.30 bits per heavy atom. The van der Waals surface area contributed by atoms with E-state index in [-0.39, 0.29) is 4.90 Å². The maximum Gasteiger partial charge on any atom is 0.497 e. The number of rotatable bonds is 8. The SMILES string of the molecule is CC1(C)OB(c2cc(S(C)(=O)=O)ccc2NC2CCCCC2)OC1(C)C.Cn1cc(-c2cc(S(C)(=O)=O)ccc2CC2CCCCC2)nn1.Cn1cc(Br)nn1. The molecule has 0 spiro atoms. The average Bonchev–Trinajstić information content (AvgIpc) is 3.80. The first-order valence-corrected chi connectivity index (χ1v) is 24.0. The first kappa shape index (κ1) is 44.0. The van der Waals surface area contributed by atoms with Crippen molar-refractivity contribution in [3.05, 3.63) is 59.0 Å². The monoisotopic (exact) mass is 873 g/mol. The van der Waals surface area contributed by atoms with E-state index in [0.29, 0.717) is 16.9 Å². The molecule has 4 aromatic rings. The fourth-order valence-electron chi connectivity index (χ4n) is 7.23. The minimum Gasteiger partial charge on any atom is -0.399 e. The third-order valence-corrected chi connectivity index (χ3v) is 13.7. The van der Waals surface area contributed by atoms with E-state index in [1.807, 2.05) is 60.1 Å². The molecule has 2 saturated carbocycles. The van der Waals surface area contributed by atoms with E-state index < -0.39 is 38.0 Å². The molecule has 0 bridgehead atoms. The van der Waals surface area contributed by atoms with Crippen molar-refractivity contribution in [2.24, 2.45) is 20.0 Å². The third kappa shape index (κ3) is 11.7. The quantitative estimate of drug-likeness (QED) is 0.187. The highest BCUT2D eigenvalue weighted by Crippen LogP contribution is 2.38. The van der Waals surface area contributed by atoms with Crippen LogP contribution in [0.15, 0.2) is 63.2 Å². The molecule has 3 fully saturated rings. The minimum absolute atomic E-state index is 0.288. The van der Waals surface area contributed by atoms with Gasteiger partial charge in [0, 0.05) is 49.4 Å². The molecular formula is C39H57BBrN7O6S2. The van der Waals surface area contributed by atoms with Gasteiger partial charge < -0.3 is 14.6 Å². The third-order valence-electron chi connectivity index (χ3n) is 11.1. The number of nitrogens with zero attached hydrogens (tertiary/aromatic N) is 6. The Morgan fingerprint density at radius 3 is 1.80 bits per heavy atom. The number of sulfone groups is 2. The van der Waals surface area contributed by atoms with Crippen LogP contribution < -0.4 is 10.8 Å². The Labute approximate surface area is 341 Å². The number of benzene rings is 2. The van der Waals surface area contributed by atoms with Gasteiger partial charge in [0.1, 0.15) is 10.3 Å². The van der Waals surface area contributed by atoms with E-state index in [2.05, 4.69) is 41.9 Å². The zero-order valence-corrected chi connectivity index (χ0v) is 37.2. The molecule has 3 aliphatic rings. The van der Waals surface area contributed by atoms with Crippen LogP contribution in [0.4, 0.5) is 5.69 Å². The number of nitrogens with one attached hydrogen (secondary N) is 1. The van der Waals surface area contributed by atoms with Crippen molar-refractivity contribution in [2.75, 3.05) is 17.8 Å². The highest BCUT2D eigenvalue weighted by Gasteiger charge is 2.52. The van der Waals surface area contributed by atoms with Gasteiger partial charge in [0.05, 0.1) is 33.4 Å². The van der Waals surface area contributed by atoms with Crippen LogP contribution in [0.1, 0.15) is 97.5 Å². The van der Waals surface area contributed by atoms with E-state index in [4.69, 9.17) is 9.31 Å². The summed E-state index contributed by atoms with van der Waals surface area (Å²) in [5.41, 5.74) is 3.53. The molecule has 2 aromatic carbocycles. The van der Waals surface area contributed by atoms with Crippen LogP contribution >= 0.6 is 15.9 Å². The van der Waals surface area contributed by atoms with Crippen molar-refractivity contribution < 1.29 is 26.1 Å². The van der Waals surface area contributed by atoms with Crippen LogP contribution in [0, 0.1) is 5.92 Å². The van der Waals surface area contributed by atoms with Crippen molar-refractivity contribution in [3.8, 4) is 11.3 Å². The number of aryl methyl sites for hydroxylation is 2. The van der Waals surface area contributed by atoms with E-state index in [1.165, 1.54) is 69.4 Å². The normalized spacial score (nSPS) is 18.8. The molecule has 0 atom stereocenters. The van der Waals surface area contributed by atoms with E-state index in [1.54, 1.807) is 39.8 Å². The van der Waals surface area contributed by atoms with Crippen LogP contribution in [-0.2, 0) is 49.5 Å². The van der Waals surface area contributed by atoms with Crippen LogP contribution in [0.25, 0.3) is 11.3 Å². The van der Waals surface area contributed by atoms with Gasteiger partial charge in [-0.15, -0.1) is 10.2 Å². The van der Waals surface area contributed by atoms with Gasteiger partial charge in [0.15, 0.2) is 19.7 Å². The van der Waals surface area contributed by atoms with Gasteiger partial charge in [0.2, 0.25) is 0 Å². The van der Waals surface area contributed by atoms with Crippen molar-refractivity contribution in [3.63, 3.8) is 0 Å². The average molecular weight is 875 g/mol. The number of aromatic nitrogens is 6. The predicted molar refractivity (Wildman–Crippen MR) is 224 cm³/mol. The summed E-state index contributed by atoms with van der Waals surface area (Å²) in [6.45, 7) is 8.01. The Kier molecular flexibility index (Phi) is 14.3. The zero-order valence-electron chi connectivity index (χ0n) is 34.0. The molecule has 1 aliphatic heterocycles. The van der Waals surface area contributed by atoms with Crippen LogP contribution in [0.2, 0.25) is 0 Å². The Balaban J connectivity index is 0.000000183. The largest absolute Gasteiger partial charge is 0.497 e. The van der Waals surface area contributed by atoms with Crippen molar-refractivity contribution in [1.29, 1.82) is 0 Å². The topological polar surface area (TPSA) is 160 Å². The molecule has 1 saturated heterocycles. The molecule has 2 aromatic heterocycles. The molecule has 0 amide bonds. The van der Waals surface area contributed by atoms with Crippen LogP contribution in [0.5, 0.6) is 0 Å². The molecule has 0 unspecified atom stereocenters. The summed E-state index contributed by atoms with van der Waals surface area (Å²) in [5, 5.41) is 19.1. The molecule has 17 heteroatoms. The summed E-state index contributed by atoms with van der Waals surface area (Å²) >= 11 is 3.14. The smallest absolute Gasteiger partial charge is 0.399 e. The number of halogens is 1. The zero-order chi connectivity index (χ0) is 40.9. The molecule has 0 radical (unpaired) electrons. The molecule has 3 heterocycles. The van der Waals surface area contributed by atoms with E-state index in [9.17, 15) is 16.8 Å². The molecule has 7 rings (SSSR count). The van der Waals surface area contributed by atoms with Crippen LogP contribution in [0.3, 0.4) is 0 Å². The highest BCUT2D eigenvalue weighted by molar-refractivity contribution is 9.10. The van der Waals surface area contributed by atoms with Gasteiger partial charge in [-0.2, -0.15) is 0 Å². The molecule has 306 valence electrons. The van der Waals surface area contributed by atoms with Gasteiger partial charge in [-0.25, -0.2) is 16.8 Å². The standard InChI is InChI=1S/C19H30BNO4S.C17H23N3O2S.C3H4BrN3/c1-18(2)19(3,4)25-20(24-18)16-13-15(26(5,22)23)11-12-17(16)21-14-9-7-6-8-10-14;1-20-12-17(18-19-20)16-11-15(23(2,21)22)9-8-14(16)10-13-6-4-3-5-7-13;1-7-2-3(4)5-6-7/h11-14,21H,6-10H2,1-5H3;8-9,11-13H,3-7,10H2,1-2H3;2H,1H3. The van der Waals surface area contributed by atoms with Crippen LogP contribution in [-0.4, -0.2) is 83.7 Å². The summed E-state index contributed by atoms with van der Waals surface area (Å²) in [6, 6.07) is 11.0. The number of hydrogen-bond donors (Lipinski definition) is 1. The number of anilines is 1. The van der Waals surface area contributed by atoms with E-state index in [0.717, 1.165) is 46.3 Å². The summed E-state index contributed by atoms with van der Waals surface area (Å²) in [4.78, 5) is 0.627. The summed E-state index contributed by atoms with van der Waals surface area (Å²) < 4.78 is 64.3. The lowest BCUT2D eigenvalue weighted by Gasteiger charge is -2.32. The van der Waals surface area contributed by atoms with Crippen molar-refractivity contribution in [1.82, 2.24) is 30.0 Å². The second-order valence-electron chi connectivity index (χ2n) is 16.4. The second-order valence-corrected chi connectivity index (χ2v) is 21.2. The van der Waals surface area contributed by atoms with E-state index >= 15 is 0 Å². The fraction of sp³-hybridized carbons (Fsp3) is 0.590. The summed E-state index contributed by atoms with van der Waals surface area (Å²) in [7, 11) is -3.49. The van der Waals surface area contributed by atoms with Gasteiger partial charge in [-0.1, -0.05) is 67.9 Å². The van der Waals surface area contributed by atoms with Crippen molar-refractivity contribution in [2.45, 2.75) is 125 Å². The Morgan fingerprint density at radius 1 is 0.768 bits per heavy atom. The van der Waals surface area contributed by atoms with Gasteiger partial charge >= 0.3 is 7.12 Å². The van der Waals surface area contributed by atoms with Crippen molar-refractivity contribution >= 4 is 53.9 Å². The maximum atomic E-state index is 12.1. The minimum atomic E-state index is -3.30. The first-order chi connectivity index (χ1) is 26.2. The molecule has 1 N–H and O–H groups in total. The molecule has 56 heavy (non-hydrogen) atoms. The molecule has 2 aliphatic carbocycles. The second kappa shape index (κ2) is 18.2. The van der Waals surface area contributed by atoms with Gasteiger partial charge in [0.25, 0.3) is 0 Å². The van der Waals surface area contributed by atoms with Gasteiger partial charge in [-0.3, -0.25) is 9.36 Å². The lowest BCUT2D eigenvalue weighted by molar-refractivity contribution is 0.00578. The summed E-state index contributed by atoms with van der Waals surface area (Å²) in [5.74, 6) is 0.684. The Bertz CT molecular complexity index is 2130. The lowest BCUT2D eigenvalue weighted by atomic mass is 9.77. The fourth-order valence-corrected chi connectivity index (χ4v) is 8.90. The lowest BCUT2D eigenvalue weighted by Crippen LogP contribution is -2.41. The predicted octanol–water partition coefficient (Wildman–Crippen LogP) is 6.72.